The first-order valence-electron chi connectivity index (χ1n) is 13.9. The second-order valence-corrected chi connectivity index (χ2v) is 10.5. The summed E-state index contributed by atoms with van der Waals surface area (Å²) in [7, 11) is 0. The minimum absolute atomic E-state index is 0. The summed E-state index contributed by atoms with van der Waals surface area (Å²) in [4.78, 5) is 0. The lowest BCUT2D eigenvalue weighted by molar-refractivity contribution is 0.987. The zero-order valence-electron chi connectivity index (χ0n) is 22.6. The van der Waals surface area contributed by atoms with Gasteiger partial charge in [-0.3, -0.25) is 0 Å². The number of fused-ring (bicyclic) bond motifs is 4. The molecule has 0 bridgehead atoms. The monoisotopic (exact) mass is 543 g/mol. The highest BCUT2D eigenvalue weighted by Gasteiger charge is 2.21. The second kappa shape index (κ2) is 10.3. The van der Waals surface area contributed by atoms with Crippen LogP contribution < -0.4 is 5.32 Å². The molecule has 0 spiro atoms. The van der Waals surface area contributed by atoms with E-state index in [0.717, 1.165) is 6.54 Å². The van der Waals surface area contributed by atoms with Gasteiger partial charge in [-0.25, -0.2) is 0 Å². The largest absolute Gasteiger partial charge is 0.387 e. The Morgan fingerprint density at radius 3 is 1.51 bits per heavy atom. The quantitative estimate of drug-likeness (QED) is 0.219. The molecule has 2 heteroatoms. The van der Waals surface area contributed by atoms with E-state index in [1.54, 1.807) is 0 Å². The lowest BCUT2D eigenvalue weighted by Crippen LogP contribution is -2.12. The Morgan fingerprint density at radius 2 is 0.927 bits per heavy atom. The molecule has 0 fully saturated rings. The molecule has 0 atom stereocenters. The minimum atomic E-state index is 0. The van der Waals surface area contributed by atoms with E-state index in [-0.39, 0.29) is 13.5 Å². The minimum Gasteiger partial charge on any atom is -0.387 e. The van der Waals surface area contributed by atoms with Gasteiger partial charge in [0.2, 0.25) is 0 Å². The van der Waals surface area contributed by atoms with Crippen molar-refractivity contribution in [2.75, 3.05) is 6.54 Å². The molecular formula is C39H29NS. The van der Waals surface area contributed by atoms with Crippen molar-refractivity contribution in [3.05, 3.63) is 151 Å². The Hall–Kier alpha value is -4.79. The fourth-order valence-electron chi connectivity index (χ4n) is 6.51. The van der Waals surface area contributed by atoms with E-state index < -0.39 is 0 Å². The van der Waals surface area contributed by atoms with Crippen molar-refractivity contribution in [3.8, 4) is 22.3 Å². The first-order valence-corrected chi connectivity index (χ1v) is 13.9. The SMILES string of the molecule is C1=CNCC(c2cc3ccccc3cc2-c2c3ccccc3c(-c3cccc4ccccc34)c3ccccc23)=C1.S. The Balaban J connectivity index is 0.00000276. The van der Waals surface area contributed by atoms with E-state index >= 15 is 0 Å². The summed E-state index contributed by atoms with van der Waals surface area (Å²) in [5.41, 5.74) is 7.74. The predicted molar refractivity (Wildman–Crippen MR) is 183 cm³/mol. The van der Waals surface area contributed by atoms with E-state index in [1.165, 1.54) is 76.5 Å². The topological polar surface area (TPSA) is 12.0 Å². The van der Waals surface area contributed by atoms with Crippen LogP contribution in [0.25, 0.3) is 70.9 Å². The van der Waals surface area contributed by atoms with Gasteiger partial charge in [0.15, 0.2) is 0 Å². The second-order valence-electron chi connectivity index (χ2n) is 10.5. The van der Waals surface area contributed by atoms with Crippen LogP contribution in [-0.2, 0) is 0 Å². The fourth-order valence-corrected chi connectivity index (χ4v) is 6.51. The number of benzene rings is 7. The number of dihydropyridines is 1. The van der Waals surface area contributed by atoms with E-state index in [9.17, 15) is 0 Å². The molecule has 0 saturated carbocycles. The molecule has 1 aliphatic rings. The van der Waals surface area contributed by atoms with Crippen LogP contribution in [-0.4, -0.2) is 6.54 Å². The maximum atomic E-state index is 3.43. The standard InChI is InChI=1S/C39H27N.H2S/c1-2-13-28-24-37(36(23-27(28)12-1)29-15-10-22-40-25-29)39-34-19-7-5-17-32(34)38(33-18-6-8-20-35(33)39)31-21-9-14-26-11-3-4-16-30(26)31;/h1-24,40H,25H2;1H2. The van der Waals surface area contributed by atoms with Crippen LogP contribution in [0.3, 0.4) is 0 Å². The average Bonchev–Trinajstić information content (AvgIpc) is 3.03. The Morgan fingerprint density at radius 1 is 0.439 bits per heavy atom. The van der Waals surface area contributed by atoms with Gasteiger partial charge < -0.3 is 5.32 Å². The molecule has 196 valence electrons. The van der Waals surface area contributed by atoms with Gasteiger partial charge in [-0.05, 0) is 101 Å². The maximum Gasteiger partial charge on any atom is 0.0401 e. The van der Waals surface area contributed by atoms with Gasteiger partial charge in [0.05, 0.1) is 0 Å². The van der Waals surface area contributed by atoms with Gasteiger partial charge >= 0.3 is 0 Å². The summed E-state index contributed by atoms with van der Waals surface area (Å²) in [6.07, 6.45) is 6.38. The summed E-state index contributed by atoms with van der Waals surface area (Å²) in [6, 6.07) is 46.8. The molecule has 7 aromatic rings. The smallest absolute Gasteiger partial charge is 0.0401 e. The third kappa shape index (κ3) is 4.11. The van der Waals surface area contributed by atoms with Gasteiger partial charge in [0, 0.05) is 6.54 Å². The molecule has 0 unspecified atom stereocenters. The van der Waals surface area contributed by atoms with E-state index in [1.807, 2.05) is 6.20 Å². The Bertz CT molecular complexity index is 2110. The summed E-state index contributed by atoms with van der Waals surface area (Å²) in [5, 5.41) is 13.6. The van der Waals surface area contributed by atoms with Crippen molar-refractivity contribution < 1.29 is 0 Å². The molecule has 1 nitrogen and oxygen atoms in total. The first kappa shape index (κ1) is 25.2. The van der Waals surface area contributed by atoms with Crippen LogP contribution >= 0.6 is 13.5 Å². The van der Waals surface area contributed by atoms with E-state index in [4.69, 9.17) is 0 Å². The van der Waals surface area contributed by atoms with E-state index in [2.05, 4.69) is 145 Å². The molecule has 1 N–H and O–H groups in total. The molecule has 0 saturated heterocycles. The van der Waals surface area contributed by atoms with Crippen molar-refractivity contribution in [1.82, 2.24) is 5.32 Å². The fraction of sp³-hybridized carbons (Fsp3) is 0.0256. The van der Waals surface area contributed by atoms with Gasteiger partial charge in [-0.1, -0.05) is 121 Å². The van der Waals surface area contributed by atoms with E-state index in [0.29, 0.717) is 0 Å². The van der Waals surface area contributed by atoms with Gasteiger partial charge in [-0.15, -0.1) is 0 Å². The Kier molecular flexibility index (Phi) is 6.34. The maximum absolute atomic E-state index is 3.43. The Labute approximate surface area is 246 Å². The molecular weight excluding hydrogens is 515 g/mol. The molecule has 41 heavy (non-hydrogen) atoms. The predicted octanol–water partition coefficient (Wildman–Crippen LogP) is 10.2. The van der Waals surface area contributed by atoms with Gasteiger partial charge in [0.25, 0.3) is 0 Å². The first-order chi connectivity index (χ1) is 19.9. The number of rotatable bonds is 3. The molecule has 0 amide bonds. The number of nitrogens with one attached hydrogen (secondary N) is 1. The zero-order chi connectivity index (χ0) is 26.5. The van der Waals surface area contributed by atoms with Crippen LogP contribution in [0.5, 0.6) is 0 Å². The lowest BCUT2D eigenvalue weighted by Gasteiger charge is -2.22. The van der Waals surface area contributed by atoms with Crippen LogP contribution in [0.15, 0.2) is 146 Å². The third-order valence-electron chi connectivity index (χ3n) is 8.30. The molecule has 7 aromatic carbocycles. The lowest BCUT2D eigenvalue weighted by atomic mass is 9.82. The highest BCUT2D eigenvalue weighted by atomic mass is 32.1. The highest BCUT2D eigenvalue weighted by Crippen LogP contribution is 2.47. The molecule has 8 rings (SSSR count). The molecule has 0 aromatic heterocycles. The number of hydrogen-bond donors (Lipinski definition) is 1. The van der Waals surface area contributed by atoms with Crippen LogP contribution in [0, 0.1) is 0 Å². The summed E-state index contributed by atoms with van der Waals surface area (Å²) >= 11 is 0. The number of allylic oxidation sites excluding steroid dienone is 2. The molecule has 0 radical (unpaired) electrons. The van der Waals surface area contributed by atoms with Crippen molar-refractivity contribution >= 4 is 62.2 Å². The van der Waals surface area contributed by atoms with Crippen LogP contribution in [0.2, 0.25) is 0 Å². The summed E-state index contributed by atoms with van der Waals surface area (Å²) < 4.78 is 0. The zero-order valence-corrected chi connectivity index (χ0v) is 23.6. The van der Waals surface area contributed by atoms with Crippen molar-refractivity contribution in [2.45, 2.75) is 0 Å². The van der Waals surface area contributed by atoms with Crippen molar-refractivity contribution in [2.24, 2.45) is 0 Å². The molecule has 1 heterocycles. The van der Waals surface area contributed by atoms with Crippen LogP contribution in [0.4, 0.5) is 0 Å². The molecule has 0 aliphatic carbocycles. The van der Waals surface area contributed by atoms with Crippen LogP contribution in [0.1, 0.15) is 5.56 Å². The molecule has 1 aliphatic heterocycles. The normalized spacial score (nSPS) is 12.8. The van der Waals surface area contributed by atoms with Crippen molar-refractivity contribution in [3.63, 3.8) is 0 Å². The average molecular weight is 544 g/mol. The summed E-state index contributed by atoms with van der Waals surface area (Å²) in [5.74, 6) is 0. The highest BCUT2D eigenvalue weighted by molar-refractivity contribution is 7.59. The van der Waals surface area contributed by atoms with Crippen molar-refractivity contribution in [1.29, 1.82) is 0 Å². The summed E-state index contributed by atoms with van der Waals surface area (Å²) in [6.45, 7) is 0.811. The van der Waals surface area contributed by atoms with Gasteiger partial charge in [0.1, 0.15) is 0 Å². The van der Waals surface area contributed by atoms with Gasteiger partial charge in [-0.2, -0.15) is 13.5 Å². The third-order valence-corrected chi connectivity index (χ3v) is 8.30. The number of hydrogen-bond acceptors (Lipinski definition) is 1.